The van der Waals surface area contributed by atoms with E-state index in [2.05, 4.69) is 51.7 Å². The molecule has 1 aromatic heterocycles. The molecule has 0 saturated heterocycles. The van der Waals surface area contributed by atoms with Gasteiger partial charge in [-0.05, 0) is 35.4 Å². The molecule has 0 spiro atoms. The maximum atomic E-state index is 14.3. The normalized spacial score (nSPS) is 11.8. The molecule has 0 radical (unpaired) electrons. The van der Waals surface area contributed by atoms with Crippen molar-refractivity contribution in [2.45, 2.75) is 47.0 Å². The second kappa shape index (κ2) is 8.44. The van der Waals surface area contributed by atoms with Gasteiger partial charge in [0.15, 0.2) is 0 Å². The fourth-order valence-electron chi connectivity index (χ4n) is 3.11. The van der Waals surface area contributed by atoms with E-state index in [9.17, 15) is 4.39 Å². The predicted molar refractivity (Wildman–Crippen MR) is 117 cm³/mol. The molecule has 0 atom stereocenters. The topological polar surface area (TPSA) is 22.1 Å². The average Bonchev–Trinajstić information content (AvgIpc) is 3.09. The Balaban J connectivity index is 1.95. The Morgan fingerprint density at radius 1 is 1.11 bits per heavy atom. The number of halogens is 1. The van der Waals surface area contributed by atoms with Gasteiger partial charge in [-0.2, -0.15) is 0 Å². The number of thiazole rings is 1. The Labute approximate surface area is 171 Å². The average molecular weight is 398 g/mol. The van der Waals surface area contributed by atoms with Crippen LogP contribution >= 0.6 is 11.3 Å². The largest absolute Gasteiger partial charge is 0.493 e. The van der Waals surface area contributed by atoms with E-state index in [1.54, 1.807) is 6.07 Å². The van der Waals surface area contributed by atoms with Crippen molar-refractivity contribution in [3.05, 3.63) is 59.4 Å². The van der Waals surface area contributed by atoms with E-state index in [0.717, 1.165) is 28.1 Å². The zero-order chi connectivity index (χ0) is 20.3. The Hall–Kier alpha value is -2.20. The zero-order valence-electron chi connectivity index (χ0n) is 17.3. The maximum absolute atomic E-state index is 14.3. The van der Waals surface area contributed by atoms with Crippen molar-refractivity contribution in [3.63, 3.8) is 0 Å². The lowest BCUT2D eigenvalue weighted by Gasteiger charge is -2.18. The summed E-state index contributed by atoms with van der Waals surface area (Å²) in [5.41, 5.74) is 6.07. The highest BCUT2D eigenvalue weighted by atomic mass is 32.1. The van der Waals surface area contributed by atoms with Crippen LogP contribution in [0, 0.1) is 11.2 Å². The molecule has 0 unspecified atom stereocenters. The van der Waals surface area contributed by atoms with Gasteiger partial charge in [-0.15, -0.1) is 11.3 Å². The summed E-state index contributed by atoms with van der Waals surface area (Å²) in [5, 5.41) is 0. The van der Waals surface area contributed by atoms with E-state index < -0.39 is 0 Å². The number of hydrogen-bond acceptors (Lipinski definition) is 3. The van der Waals surface area contributed by atoms with Crippen molar-refractivity contribution in [1.82, 2.24) is 4.98 Å². The number of nitrogens with zero attached hydrogens (tertiary/aromatic N) is 1. The predicted octanol–water partition coefficient (Wildman–Crippen LogP) is 7.55. The van der Waals surface area contributed by atoms with E-state index >= 15 is 0 Å². The molecule has 28 heavy (non-hydrogen) atoms. The van der Waals surface area contributed by atoms with E-state index in [-0.39, 0.29) is 11.2 Å². The lowest BCUT2D eigenvalue weighted by Crippen LogP contribution is -2.11. The van der Waals surface area contributed by atoms with Crippen LogP contribution in [0.1, 0.15) is 52.5 Å². The minimum Gasteiger partial charge on any atom is -0.493 e. The van der Waals surface area contributed by atoms with Gasteiger partial charge in [-0.1, -0.05) is 58.9 Å². The summed E-state index contributed by atoms with van der Waals surface area (Å²) >= 11 is 1.53. The fraction of sp³-hybridized carbons (Fsp3) is 0.375. The molecule has 0 aliphatic heterocycles. The van der Waals surface area contributed by atoms with E-state index in [0.29, 0.717) is 18.3 Å². The number of ether oxygens (including phenoxy) is 1. The van der Waals surface area contributed by atoms with Gasteiger partial charge in [0, 0.05) is 17.2 Å². The standard InChI is InChI=1S/C24H28FNOS/c1-16(2)20-8-6-7-9-21(20)22-23(28-15-26-22)17-12-18(25)14-19(13-17)27-11-10-24(3,4)5/h6-9,12-16H,10-11H2,1-5H3. The summed E-state index contributed by atoms with van der Waals surface area (Å²) < 4.78 is 20.2. The maximum Gasteiger partial charge on any atom is 0.127 e. The third-order valence-corrected chi connectivity index (χ3v) is 5.54. The molecule has 0 fully saturated rings. The van der Waals surface area contributed by atoms with Crippen LogP contribution < -0.4 is 4.74 Å². The van der Waals surface area contributed by atoms with Crippen LogP contribution in [0.3, 0.4) is 0 Å². The molecule has 0 aliphatic rings. The first-order valence-corrected chi connectivity index (χ1v) is 10.6. The molecule has 148 valence electrons. The highest BCUT2D eigenvalue weighted by molar-refractivity contribution is 7.13. The van der Waals surface area contributed by atoms with Crippen LogP contribution in [0.2, 0.25) is 0 Å². The fourth-order valence-corrected chi connectivity index (χ4v) is 3.90. The third-order valence-electron chi connectivity index (χ3n) is 4.66. The summed E-state index contributed by atoms with van der Waals surface area (Å²) in [5.74, 6) is 0.657. The molecule has 2 aromatic carbocycles. The van der Waals surface area contributed by atoms with Crippen LogP contribution in [0.15, 0.2) is 48.0 Å². The summed E-state index contributed by atoms with van der Waals surface area (Å²) in [6.45, 7) is 11.4. The molecule has 3 aromatic rings. The van der Waals surface area contributed by atoms with Crippen molar-refractivity contribution < 1.29 is 9.13 Å². The first-order chi connectivity index (χ1) is 13.2. The highest BCUT2D eigenvalue weighted by Gasteiger charge is 2.17. The van der Waals surface area contributed by atoms with Crippen LogP contribution in [-0.2, 0) is 0 Å². The van der Waals surface area contributed by atoms with Crippen LogP contribution in [0.5, 0.6) is 5.75 Å². The van der Waals surface area contributed by atoms with E-state index in [4.69, 9.17) is 4.74 Å². The Morgan fingerprint density at radius 2 is 1.86 bits per heavy atom. The first kappa shape index (κ1) is 20.5. The Bertz CT molecular complexity index is 940. The number of aromatic nitrogens is 1. The lowest BCUT2D eigenvalue weighted by atomic mass is 9.93. The first-order valence-electron chi connectivity index (χ1n) is 9.71. The van der Waals surface area contributed by atoms with Gasteiger partial charge >= 0.3 is 0 Å². The Kier molecular flexibility index (Phi) is 6.19. The minimum absolute atomic E-state index is 0.182. The number of hydrogen-bond donors (Lipinski definition) is 0. The quantitative estimate of drug-likeness (QED) is 0.428. The summed E-state index contributed by atoms with van der Waals surface area (Å²) in [7, 11) is 0. The Morgan fingerprint density at radius 3 is 2.57 bits per heavy atom. The van der Waals surface area contributed by atoms with Crippen molar-refractivity contribution in [2.75, 3.05) is 6.61 Å². The molecular weight excluding hydrogens is 369 g/mol. The van der Waals surface area contributed by atoms with Crippen molar-refractivity contribution >= 4 is 11.3 Å². The molecule has 0 aliphatic carbocycles. The molecule has 3 rings (SSSR count). The summed E-state index contributed by atoms with van der Waals surface area (Å²) in [6.07, 6.45) is 0.909. The molecule has 0 bridgehead atoms. The molecule has 0 saturated carbocycles. The van der Waals surface area contributed by atoms with Gasteiger partial charge in [0.25, 0.3) is 0 Å². The number of benzene rings is 2. The minimum atomic E-state index is -0.292. The number of rotatable bonds is 6. The second-order valence-electron chi connectivity index (χ2n) is 8.61. The van der Waals surface area contributed by atoms with Gasteiger partial charge in [0.05, 0.1) is 22.7 Å². The molecular formula is C24H28FNOS. The van der Waals surface area contributed by atoms with E-state index in [1.165, 1.54) is 23.0 Å². The van der Waals surface area contributed by atoms with Gasteiger partial charge < -0.3 is 4.74 Å². The van der Waals surface area contributed by atoms with Crippen LogP contribution in [0.25, 0.3) is 21.7 Å². The molecule has 2 nitrogen and oxygen atoms in total. The van der Waals surface area contributed by atoms with Gasteiger partial charge in [0.1, 0.15) is 11.6 Å². The van der Waals surface area contributed by atoms with Crippen LogP contribution in [0.4, 0.5) is 4.39 Å². The molecule has 1 heterocycles. The van der Waals surface area contributed by atoms with Gasteiger partial charge in [-0.3, -0.25) is 0 Å². The van der Waals surface area contributed by atoms with Crippen molar-refractivity contribution in [1.29, 1.82) is 0 Å². The van der Waals surface area contributed by atoms with Crippen molar-refractivity contribution in [2.24, 2.45) is 5.41 Å². The smallest absolute Gasteiger partial charge is 0.127 e. The zero-order valence-corrected chi connectivity index (χ0v) is 18.1. The molecule has 0 N–H and O–H groups in total. The van der Waals surface area contributed by atoms with Gasteiger partial charge in [0.2, 0.25) is 0 Å². The van der Waals surface area contributed by atoms with Gasteiger partial charge in [-0.25, -0.2) is 9.37 Å². The molecule has 4 heteroatoms. The molecule has 0 amide bonds. The van der Waals surface area contributed by atoms with E-state index in [1.807, 2.05) is 23.7 Å². The SMILES string of the molecule is CC(C)c1ccccc1-c1ncsc1-c1cc(F)cc(OCCC(C)(C)C)c1. The third kappa shape index (κ3) is 4.99. The highest BCUT2D eigenvalue weighted by Crippen LogP contribution is 2.39. The summed E-state index contributed by atoms with van der Waals surface area (Å²) in [6, 6.07) is 13.2. The van der Waals surface area contributed by atoms with Crippen LogP contribution in [-0.4, -0.2) is 11.6 Å². The lowest BCUT2D eigenvalue weighted by molar-refractivity contribution is 0.242. The monoisotopic (exact) mass is 397 g/mol. The summed E-state index contributed by atoms with van der Waals surface area (Å²) in [4.78, 5) is 5.58. The second-order valence-corrected chi connectivity index (χ2v) is 9.46. The van der Waals surface area contributed by atoms with Crippen molar-refractivity contribution in [3.8, 4) is 27.4 Å².